The lowest BCUT2D eigenvalue weighted by atomic mass is 9.82. The largest absolute Gasteiger partial charge is 0.468 e. The van der Waals surface area contributed by atoms with Crippen molar-refractivity contribution >= 4 is 94.5 Å². The zero-order valence-electron chi connectivity index (χ0n) is 72.9. The van der Waals surface area contributed by atoms with Crippen molar-refractivity contribution in [1.29, 1.82) is 0 Å². The lowest BCUT2D eigenvalue weighted by molar-refractivity contribution is -0.141. The first kappa shape index (κ1) is 103. The van der Waals surface area contributed by atoms with Gasteiger partial charge in [-0.3, -0.25) is 68.2 Å². The van der Waals surface area contributed by atoms with Gasteiger partial charge in [-0.2, -0.15) is 12.6 Å². The number of thiol groups is 1. The number of likely N-dealkylation sites (tertiary alicyclic amines) is 1. The number of H-pyrrole nitrogens is 2. The Labute approximate surface area is 732 Å². The molecule has 31 heteroatoms. The van der Waals surface area contributed by atoms with Crippen molar-refractivity contribution in [3.63, 3.8) is 0 Å². The number of aliphatic hydroxyl groups excluding tert-OH is 1. The second-order valence-electron chi connectivity index (χ2n) is 33.0. The summed E-state index contributed by atoms with van der Waals surface area (Å²) in [5, 5.41) is 32.2. The molecule has 9 unspecified atom stereocenters. The SMILES string of the molecule is CCCCCCCCCCCCCCCCNC(=O)CN(CC)C(=O)CCCCCCC(=O)C(Cc1c[nH]c2ccccc12)NC(=O)C(CCCNC(N)N)CC(=O)C(CS)NC(=O)C(CCCNC(N)N)CC(=O)C1CCCN(C(=O)C(NC(=O)C(CC(=O)C(NC(=O)CCCOC=O)C(C)O)Cc2cnc[nH]2)C(c2ccccc2)c2ccccc2)C1. The van der Waals surface area contributed by atoms with Gasteiger partial charge in [-0.15, -0.1) is 0 Å². The zero-order chi connectivity index (χ0) is 89.1. The van der Waals surface area contributed by atoms with Crippen molar-refractivity contribution in [3.05, 3.63) is 126 Å². The molecular formula is C92H142N16O14S. The fourth-order valence-electron chi connectivity index (χ4n) is 16.1. The average molecular weight is 1730 g/mol. The van der Waals surface area contributed by atoms with Crippen molar-refractivity contribution in [2.45, 2.75) is 281 Å². The number of nitrogens with zero attached hydrogens (tertiary/aromatic N) is 3. The number of para-hydroxylation sites is 1. The number of imidazole rings is 1. The number of nitrogens with two attached hydrogens (primary N) is 4. The monoisotopic (exact) mass is 1730 g/mol. The molecule has 1 saturated heterocycles. The number of ketones is 4. The number of likely N-dealkylation sites (N-methyl/N-ethyl adjacent to an activating group) is 1. The van der Waals surface area contributed by atoms with E-state index in [2.05, 4.69) is 71.7 Å². The summed E-state index contributed by atoms with van der Waals surface area (Å²) in [5.74, 6) is -10.2. The van der Waals surface area contributed by atoms with Gasteiger partial charge in [0.1, 0.15) is 30.4 Å². The molecule has 0 saturated carbocycles. The summed E-state index contributed by atoms with van der Waals surface area (Å²) in [6, 6.07) is 20.8. The minimum Gasteiger partial charge on any atom is -0.468 e. The fourth-order valence-corrected chi connectivity index (χ4v) is 16.4. The molecule has 123 heavy (non-hydrogen) atoms. The van der Waals surface area contributed by atoms with E-state index >= 15 is 14.4 Å². The Bertz CT molecular complexity index is 3930. The summed E-state index contributed by atoms with van der Waals surface area (Å²) in [5.41, 5.74) is 26.8. The first-order chi connectivity index (χ1) is 59.4. The summed E-state index contributed by atoms with van der Waals surface area (Å²) < 4.78 is 4.70. The number of carbonyl (C=O) groups is 12. The number of amides is 7. The number of rotatable bonds is 67. The Kier molecular flexibility index (Phi) is 49.2. The topological polar surface area (TPSA) is 474 Å². The molecule has 0 bridgehead atoms. The molecule has 3 heterocycles. The Morgan fingerprint density at radius 2 is 1.15 bits per heavy atom. The normalized spacial score (nSPS) is 14.8. The highest BCUT2D eigenvalue weighted by Crippen LogP contribution is 2.33. The second-order valence-corrected chi connectivity index (χ2v) is 33.4. The van der Waals surface area contributed by atoms with Gasteiger partial charge in [0, 0.05) is 136 Å². The standard InChI is InChI=1S/C92H142N16O14S/c1-4-6-7-8-9-10-11-12-13-14-15-16-19-30-47-98-82(116)60-107(5-2)83(117)46-27-18-17-26-44-77(111)75(53-71-57-101-74-43-29-28-42-73(71)74)103-87(118)68(40-32-49-100-92(95)96)55-79(113)76(61-123)104-88(119)67(39-31-48-99-91(93)94)54-78(112)69-41-33-50-108(59-69)90(121)86(84(65-35-22-20-23-36-65)66-37-24-21-25-38-66)106-89(120)70(52-72-58-97-62-102-72)56-80(114)85(64(3)110)105-81(115)45-34-51-122-63-109/h20-25,28-29,35-38,42-43,57-58,62-64,67-70,75-76,84-86,91-92,99-101,110,123H,4-19,26-27,30-34,39-41,44-56,59-61,93-96H2,1-3H3,(H,97,102)(H,98,116)(H,103,118)(H,104,119)(H,105,115)(H,106,120). The van der Waals surface area contributed by atoms with Gasteiger partial charge in [-0.05, 0) is 114 Å². The van der Waals surface area contributed by atoms with Crippen molar-refractivity contribution in [2.75, 3.05) is 58.2 Å². The van der Waals surface area contributed by atoms with Gasteiger partial charge in [-0.1, -0.05) is 182 Å². The molecule has 18 N–H and O–H groups in total. The summed E-state index contributed by atoms with van der Waals surface area (Å²) in [4.78, 5) is 183. The molecule has 2 aromatic heterocycles. The highest BCUT2D eigenvalue weighted by molar-refractivity contribution is 7.80. The van der Waals surface area contributed by atoms with Gasteiger partial charge >= 0.3 is 0 Å². The third-order valence-corrected chi connectivity index (χ3v) is 23.5. The van der Waals surface area contributed by atoms with Crippen LogP contribution in [-0.2, 0) is 75.1 Å². The minimum atomic E-state index is -1.43. The third-order valence-electron chi connectivity index (χ3n) is 23.2. The molecule has 5 aromatic rings. The summed E-state index contributed by atoms with van der Waals surface area (Å²) in [7, 11) is 0. The van der Waals surface area contributed by atoms with Crippen molar-refractivity contribution in [1.82, 2.24) is 62.0 Å². The Morgan fingerprint density at radius 3 is 1.73 bits per heavy atom. The molecule has 1 aliphatic rings. The van der Waals surface area contributed by atoms with Crippen LogP contribution in [0.5, 0.6) is 0 Å². The van der Waals surface area contributed by atoms with E-state index in [1.54, 1.807) is 4.90 Å². The molecule has 0 aliphatic carbocycles. The first-order valence-electron chi connectivity index (χ1n) is 45.0. The third kappa shape index (κ3) is 38.5. The zero-order valence-corrected chi connectivity index (χ0v) is 73.8. The first-order valence-corrected chi connectivity index (χ1v) is 45.7. The second kappa shape index (κ2) is 58.9. The highest BCUT2D eigenvalue weighted by Gasteiger charge is 2.42. The van der Waals surface area contributed by atoms with E-state index < -0.39 is 120 Å². The number of carbonyl (C=O) groups excluding carboxylic acids is 12. The molecule has 0 spiro atoms. The smallest absolute Gasteiger partial charge is 0.293 e. The van der Waals surface area contributed by atoms with E-state index in [-0.39, 0.29) is 139 Å². The number of hydrogen-bond acceptors (Lipinski definition) is 22. The number of ether oxygens (including phenoxy) is 1. The molecule has 1 aliphatic heterocycles. The molecule has 9 atom stereocenters. The molecule has 6 rings (SSSR count). The molecule has 0 radical (unpaired) electrons. The van der Waals surface area contributed by atoms with E-state index in [9.17, 15) is 48.3 Å². The Hall–Kier alpha value is -9.08. The van der Waals surface area contributed by atoms with Crippen molar-refractivity contribution < 1.29 is 67.4 Å². The predicted octanol–water partition coefficient (Wildman–Crippen LogP) is 8.17. The summed E-state index contributed by atoms with van der Waals surface area (Å²) >= 11 is 4.56. The molecule has 1 fully saturated rings. The van der Waals surface area contributed by atoms with E-state index in [0.29, 0.717) is 81.3 Å². The minimum absolute atomic E-state index is 0.000922. The number of benzene rings is 3. The van der Waals surface area contributed by atoms with Crippen LogP contribution in [0.25, 0.3) is 10.9 Å². The van der Waals surface area contributed by atoms with E-state index in [1.165, 1.54) is 95.0 Å². The van der Waals surface area contributed by atoms with Crippen LogP contribution in [0.4, 0.5) is 0 Å². The van der Waals surface area contributed by atoms with Crippen LogP contribution in [0.2, 0.25) is 0 Å². The molecular weight excluding hydrogens is 1590 g/mol. The molecule has 680 valence electrons. The van der Waals surface area contributed by atoms with Crippen LogP contribution in [0, 0.1) is 23.7 Å². The number of aromatic nitrogens is 3. The molecule has 30 nitrogen and oxygen atoms in total. The number of piperidine rings is 1. The van der Waals surface area contributed by atoms with Gasteiger partial charge in [0.2, 0.25) is 41.4 Å². The van der Waals surface area contributed by atoms with Crippen LogP contribution >= 0.6 is 12.6 Å². The van der Waals surface area contributed by atoms with Crippen LogP contribution in [0.15, 0.2) is 104 Å². The van der Waals surface area contributed by atoms with Crippen LogP contribution < -0.4 is 60.2 Å². The number of nitrogens with one attached hydrogen (secondary N) is 9. The van der Waals surface area contributed by atoms with Gasteiger partial charge in [0.05, 0.1) is 43.6 Å². The van der Waals surface area contributed by atoms with Gasteiger partial charge in [0.15, 0.2) is 17.3 Å². The highest BCUT2D eigenvalue weighted by atomic mass is 32.1. The van der Waals surface area contributed by atoms with Crippen LogP contribution in [0.1, 0.15) is 248 Å². The maximum absolute atomic E-state index is 15.8. The van der Waals surface area contributed by atoms with E-state index in [1.807, 2.05) is 98.0 Å². The van der Waals surface area contributed by atoms with Crippen LogP contribution in [-0.4, -0.2) is 202 Å². The number of aromatic amines is 2. The van der Waals surface area contributed by atoms with Gasteiger partial charge in [-0.25, -0.2) is 4.98 Å². The predicted molar refractivity (Wildman–Crippen MR) is 479 cm³/mol. The Balaban J connectivity index is 1.12. The maximum Gasteiger partial charge on any atom is 0.293 e. The van der Waals surface area contributed by atoms with Gasteiger partial charge in [0.25, 0.3) is 6.47 Å². The lowest BCUT2D eigenvalue weighted by Crippen LogP contribution is -2.56. The maximum atomic E-state index is 15.8. The Morgan fingerprint density at radius 1 is 0.593 bits per heavy atom. The molecule has 3 aromatic carbocycles. The number of aliphatic hydroxyl groups is 1. The lowest BCUT2D eigenvalue weighted by Gasteiger charge is -2.38. The quantitative estimate of drug-likeness (QED) is 0.00755. The number of unbranched alkanes of at least 4 members (excludes halogenated alkanes) is 16. The van der Waals surface area contributed by atoms with Crippen molar-refractivity contribution in [2.24, 2.45) is 46.6 Å². The van der Waals surface area contributed by atoms with E-state index in [0.717, 1.165) is 35.7 Å². The fraction of sp³-hybridized carbons (Fsp3) is 0.620. The average Bonchev–Trinajstić information content (AvgIpc) is 1.06. The molecule has 7 amide bonds. The number of fused-ring (bicyclic) bond motifs is 1. The number of hydrogen-bond donors (Lipinski definition) is 15. The van der Waals surface area contributed by atoms with Gasteiger partial charge < -0.3 is 79.1 Å². The summed E-state index contributed by atoms with van der Waals surface area (Å²) in [6.45, 7) is 7.25. The van der Waals surface area contributed by atoms with Crippen molar-refractivity contribution in [3.8, 4) is 0 Å². The van der Waals surface area contributed by atoms with E-state index in [4.69, 9.17) is 27.7 Å². The number of Topliss-reactive ketones (excluding diaryl/α,β-unsaturated/α-hetero) is 4. The summed E-state index contributed by atoms with van der Waals surface area (Å²) in [6.07, 6.45) is 22.3. The van der Waals surface area contributed by atoms with Crippen LogP contribution in [0.3, 0.4) is 0 Å².